The average molecular weight is 427 g/mol. The molecule has 2 aliphatic rings. The number of nitrogens with zero attached hydrogens (tertiary/aromatic N) is 1. The highest BCUT2D eigenvalue weighted by Crippen LogP contribution is 2.28. The molecule has 8 heteroatoms. The van der Waals surface area contributed by atoms with Crippen LogP contribution in [-0.4, -0.2) is 65.4 Å². The minimum absolute atomic E-state index is 0.388. The van der Waals surface area contributed by atoms with E-state index >= 15 is 0 Å². The Morgan fingerprint density at radius 3 is 2.90 bits per heavy atom. The molecule has 1 aromatic carbocycles. The number of ether oxygens (including phenoxy) is 2. The predicted molar refractivity (Wildman–Crippen MR) is 109 cm³/mol. The van der Waals surface area contributed by atoms with Gasteiger partial charge in [-0.05, 0) is 49.3 Å². The smallest absolute Gasteiger partial charge is 0.345 e. The molecule has 5 nitrogen and oxygen atoms in total. The fraction of sp³-hybridized carbons (Fsp3) is 0.619. The summed E-state index contributed by atoms with van der Waals surface area (Å²) in [7, 11) is -1.05. The Hall–Kier alpha value is -1.35. The third kappa shape index (κ3) is 5.23. The molecule has 0 saturated carbocycles. The van der Waals surface area contributed by atoms with Gasteiger partial charge in [-0.15, -0.1) is 0 Å². The molecule has 29 heavy (non-hydrogen) atoms. The summed E-state index contributed by atoms with van der Waals surface area (Å²) < 4.78 is 48.0. The summed E-state index contributed by atoms with van der Waals surface area (Å²) in [6.45, 7) is 0.886. The summed E-state index contributed by atoms with van der Waals surface area (Å²) in [5.74, 6) is 1.12. The monoisotopic (exact) mass is 426 g/mol. The van der Waals surface area contributed by atoms with Crippen molar-refractivity contribution in [2.45, 2.75) is 43.3 Å². The topological polar surface area (TPSA) is 54.6 Å². The van der Waals surface area contributed by atoms with Crippen molar-refractivity contribution in [3.05, 3.63) is 30.0 Å². The molecule has 1 aromatic heterocycles. The molecule has 2 fully saturated rings. The summed E-state index contributed by atoms with van der Waals surface area (Å²) in [5.41, 5.74) is 2.13. The largest absolute Gasteiger partial charge is 0.381 e. The summed E-state index contributed by atoms with van der Waals surface area (Å²) in [5, 5.41) is 1.05. The summed E-state index contributed by atoms with van der Waals surface area (Å²) >= 11 is 0. The Kier molecular flexibility index (Phi) is 6.95. The van der Waals surface area contributed by atoms with E-state index < -0.39 is 17.4 Å². The van der Waals surface area contributed by atoms with Crippen molar-refractivity contribution >= 4 is 21.7 Å². The van der Waals surface area contributed by atoms with Crippen LogP contribution in [-0.2, 0) is 26.7 Å². The van der Waals surface area contributed by atoms with Crippen LogP contribution >= 0.6 is 0 Å². The quantitative estimate of drug-likeness (QED) is 0.701. The molecule has 0 spiro atoms. The molecule has 0 radical (unpaired) electrons. The van der Waals surface area contributed by atoms with Crippen LogP contribution in [0.3, 0.4) is 0 Å². The zero-order chi connectivity index (χ0) is 20.2. The highest BCUT2D eigenvalue weighted by molar-refractivity contribution is 7.85. The molecule has 0 amide bonds. The van der Waals surface area contributed by atoms with Crippen LogP contribution in [0.2, 0.25) is 0 Å². The first-order valence-electron chi connectivity index (χ1n) is 10.3. The number of benzene rings is 1. The first kappa shape index (κ1) is 20.9. The van der Waals surface area contributed by atoms with Crippen molar-refractivity contribution in [1.29, 1.82) is 0 Å². The standard InChI is InChI=1S/C21H28F2N2O3S/c22-21(23)28-17-5-9-25(13-17)8-4-16-12-24-18-2-1-3-19(20(16)18)29(26)14-15-6-10-27-11-7-15/h1-3,12,15,17,21,24H,4-11,13-14H2/t17-,29?/m0/s1. The normalized spacial score (nSPS) is 22.7. The number of likely N-dealkylation sites (tertiary alicyclic amines) is 1. The van der Waals surface area contributed by atoms with E-state index in [1.54, 1.807) is 0 Å². The van der Waals surface area contributed by atoms with Crippen molar-refractivity contribution < 1.29 is 22.5 Å². The van der Waals surface area contributed by atoms with Crippen molar-refractivity contribution in [2.75, 3.05) is 38.6 Å². The van der Waals surface area contributed by atoms with E-state index in [4.69, 9.17) is 4.74 Å². The van der Waals surface area contributed by atoms with Crippen LogP contribution in [0.25, 0.3) is 10.9 Å². The van der Waals surface area contributed by atoms with E-state index in [-0.39, 0.29) is 6.10 Å². The second kappa shape index (κ2) is 9.64. The molecule has 2 atom stereocenters. The number of hydrogen-bond donors (Lipinski definition) is 1. The number of nitrogens with one attached hydrogen (secondary N) is 1. The van der Waals surface area contributed by atoms with E-state index in [2.05, 4.69) is 14.6 Å². The van der Waals surface area contributed by atoms with Gasteiger partial charge in [-0.2, -0.15) is 8.78 Å². The molecule has 1 unspecified atom stereocenters. The minimum Gasteiger partial charge on any atom is -0.381 e. The molecule has 3 heterocycles. The lowest BCUT2D eigenvalue weighted by Gasteiger charge is -2.21. The fourth-order valence-corrected chi connectivity index (χ4v) is 6.00. The van der Waals surface area contributed by atoms with Gasteiger partial charge in [-0.25, -0.2) is 0 Å². The van der Waals surface area contributed by atoms with Gasteiger partial charge in [0.15, 0.2) is 0 Å². The lowest BCUT2D eigenvalue weighted by Crippen LogP contribution is -2.26. The van der Waals surface area contributed by atoms with Crippen LogP contribution in [0.5, 0.6) is 0 Å². The van der Waals surface area contributed by atoms with E-state index in [0.29, 0.717) is 24.6 Å². The average Bonchev–Trinajstić information content (AvgIpc) is 3.33. The number of H-pyrrole nitrogens is 1. The number of aromatic nitrogens is 1. The second-order valence-electron chi connectivity index (χ2n) is 7.92. The van der Waals surface area contributed by atoms with Gasteiger partial charge in [-0.3, -0.25) is 4.21 Å². The number of rotatable bonds is 8. The van der Waals surface area contributed by atoms with Crippen LogP contribution in [0, 0.1) is 5.92 Å². The van der Waals surface area contributed by atoms with E-state index in [1.807, 2.05) is 24.4 Å². The van der Waals surface area contributed by atoms with Gasteiger partial charge in [0.1, 0.15) is 0 Å². The van der Waals surface area contributed by atoms with Crippen LogP contribution in [0.1, 0.15) is 24.8 Å². The lowest BCUT2D eigenvalue weighted by atomic mass is 10.0. The summed E-state index contributed by atoms with van der Waals surface area (Å²) in [4.78, 5) is 6.35. The summed E-state index contributed by atoms with van der Waals surface area (Å²) in [6.07, 6.45) is 4.96. The molecule has 2 aliphatic heterocycles. The van der Waals surface area contributed by atoms with Crippen molar-refractivity contribution in [2.24, 2.45) is 5.92 Å². The van der Waals surface area contributed by atoms with Gasteiger partial charge in [0.2, 0.25) is 0 Å². The zero-order valence-electron chi connectivity index (χ0n) is 16.4. The molecule has 1 N–H and O–H groups in total. The lowest BCUT2D eigenvalue weighted by molar-refractivity contribution is -0.158. The zero-order valence-corrected chi connectivity index (χ0v) is 17.3. The van der Waals surface area contributed by atoms with Gasteiger partial charge < -0.3 is 19.4 Å². The van der Waals surface area contributed by atoms with Gasteiger partial charge >= 0.3 is 6.61 Å². The molecule has 0 aliphatic carbocycles. The number of fused-ring (bicyclic) bond motifs is 1. The van der Waals surface area contributed by atoms with Crippen LogP contribution < -0.4 is 0 Å². The maximum absolute atomic E-state index is 13.1. The molecule has 2 aromatic rings. The van der Waals surface area contributed by atoms with Gasteiger partial charge in [0.25, 0.3) is 0 Å². The maximum Gasteiger partial charge on any atom is 0.345 e. The third-order valence-corrected chi connectivity index (χ3v) is 7.55. The van der Waals surface area contributed by atoms with Crippen LogP contribution in [0.4, 0.5) is 8.78 Å². The third-order valence-electron chi connectivity index (χ3n) is 5.94. The Bertz CT molecular complexity index is 838. The molecular formula is C21H28F2N2O3S. The highest BCUT2D eigenvalue weighted by Gasteiger charge is 2.26. The predicted octanol–water partition coefficient (Wildman–Crippen LogP) is 3.56. The van der Waals surface area contributed by atoms with E-state index in [9.17, 15) is 13.0 Å². The highest BCUT2D eigenvalue weighted by atomic mass is 32.2. The minimum atomic E-state index is -2.71. The molecule has 4 rings (SSSR count). The number of aromatic amines is 1. The van der Waals surface area contributed by atoms with Crippen molar-refractivity contribution in [1.82, 2.24) is 9.88 Å². The fourth-order valence-electron chi connectivity index (χ4n) is 4.36. The molecule has 0 bridgehead atoms. The van der Waals surface area contributed by atoms with E-state index in [1.165, 1.54) is 0 Å². The number of halogens is 2. The van der Waals surface area contributed by atoms with Gasteiger partial charge in [0, 0.05) is 60.6 Å². The van der Waals surface area contributed by atoms with Crippen LogP contribution in [0.15, 0.2) is 29.3 Å². The first-order chi connectivity index (χ1) is 14.1. The molecule has 2 saturated heterocycles. The second-order valence-corrected chi connectivity index (χ2v) is 9.38. The Balaban J connectivity index is 1.43. The van der Waals surface area contributed by atoms with E-state index in [0.717, 1.165) is 66.9 Å². The van der Waals surface area contributed by atoms with Crippen molar-refractivity contribution in [3.8, 4) is 0 Å². The SMILES string of the molecule is O=S(CC1CCOCC1)c1cccc2[nH]cc(CCN3CC[C@H](OC(F)F)C3)c12. The molecule has 160 valence electrons. The maximum atomic E-state index is 13.1. The molecular weight excluding hydrogens is 398 g/mol. The van der Waals surface area contributed by atoms with Gasteiger partial charge in [-0.1, -0.05) is 6.07 Å². The summed E-state index contributed by atoms with van der Waals surface area (Å²) in [6, 6.07) is 5.93. The Labute approximate surface area is 172 Å². The first-order valence-corrected chi connectivity index (χ1v) is 11.6. The Morgan fingerprint density at radius 2 is 2.10 bits per heavy atom. The number of hydrogen-bond acceptors (Lipinski definition) is 4. The number of alkyl halides is 2. The Morgan fingerprint density at radius 1 is 1.28 bits per heavy atom. The van der Waals surface area contributed by atoms with Gasteiger partial charge in [0.05, 0.1) is 16.9 Å². The van der Waals surface area contributed by atoms with Crippen molar-refractivity contribution in [3.63, 3.8) is 0 Å².